The zero-order chi connectivity index (χ0) is 15.0. The van der Waals surface area contributed by atoms with Crippen molar-refractivity contribution in [3.8, 4) is 6.07 Å². The molecule has 0 aliphatic rings. The maximum Gasteiger partial charge on any atom is 0.254 e. The van der Waals surface area contributed by atoms with Crippen molar-refractivity contribution >= 4 is 18.2 Å². The number of nitrogens with one attached hydrogen (secondary N) is 1. The van der Waals surface area contributed by atoms with E-state index in [9.17, 15) is 4.79 Å². The number of rotatable bonds is 5. The Kier molecular flexibility index (Phi) is 6.18. The van der Waals surface area contributed by atoms with Crippen molar-refractivity contribution < 1.29 is 4.79 Å². The lowest BCUT2D eigenvalue weighted by Crippen LogP contribution is -2.16. The van der Waals surface area contributed by atoms with Gasteiger partial charge >= 0.3 is 0 Å². The van der Waals surface area contributed by atoms with E-state index in [2.05, 4.69) is 48.6 Å². The van der Waals surface area contributed by atoms with Crippen LogP contribution in [0.1, 0.15) is 44.2 Å². The molecule has 4 nitrogen and oxygen atoms in total. The molecule has 0 aliphatic carbocycles. The molecule has 0 saturated heterocycles. The van der Waals surface area contributed by atoms with Gasteiger partial charge in [-0.15, -0.1) is 0 Å². The minimum absolute atomic E-state index is 0.184. The van der Waals surface area contributed by atoms with E-state index in [4.69, 9.17) is 5.26 Å². The maximum atomic E-state index is 11.0. The number of hydrogen-bond acceptors (Lipinski definition) is 3. The monoisotopic (exact) mass is 269 g/mol. The van der Waals surface area contributed by atoms with Gasteiger partial charge in [-0.25, -0.2) is 5.43 Å². The largest absolute Gasteiger partial charge is 0.272 e. The molecule has 0 bridgehead atoms. The van der Waals surface area contributed by atoms with Crippen LogP contribution in [0.3, 0.4) is 0 Å². The molecule has 0 atom stereocenters. The highest BCUT2D eigenvalue weighted by Gasteiger charge is 1.98. The second-order valence-corrected chi connectivity index (χ2v) is 4.84. The summed E-state index contributed by atoms with van der Waals surface area (Å²) in [7, 11) is 0. The first kappa shape index (κ1) is 15.6. The quantitative estimate of drug-likeness (QED) is 0.658. The van der Waals surface area contributed by atoms with Crippen molar-refractivity contribution in [1.29, 1.82) is 5.26 Å². The Bertz CT molecular complexity index is 548. The summed E-state index contributed by atoms with van der Waals surface area (Å²) in [5, 5.41) is 12.1. The first-order valence-electron chi connectivity index (χ1n) is 6.50. The second kappa shape index (κ2) is 7.90. The Balaban J connectivity index is 2.62. The van der Waals surface area contributed by atoms with E-state index in [1.54, 1.807) is 12.3 Å². The standard InChI is InChI=1S/C16H19N3O/c1-12(2)15-6-4-14(5-7-15)10-13(3)11-18-19-16(20)8-9-17/h4-7,10-12H,8H2,1-3H3,(H,19,20). The lowest BCUT2D eigenvalue weighted by atomic mass is 10.0. The number of carbonyl (C=O) groups is 1. The molecule has 0 aromatic heterocycles. The van der Waals surface area contributed by atoms with Crippen LogP contribution in [-0.2, 0) is 4.79 Å². The van der Waals surface area contributed by atoms with Gasteiger partial charge in [-0.2, -0.15) is 10.4 Å². The van der Waals surface area contributed by atoms with Crippen molar-refractivity contribution in [2.24, 2.45) is 5.10 Å². The van der Waals surface area contributed by atoms with Gasteiger partial charge in [-0.3, -0.25) is 4.79 Å². The number of nitriles is 1. The SMILES string of the molecule is CC(C=NNC(=O)CC#N)=Cc1ccc(C(C)C)cc1. The molecule has 0 heterocycles. The molecule has 0 unspecified atom stereocenters. The average molecular weight is 269 g/mol. The zero-order valence-electron chi connectivity index (χ0n) is 12.1. The predicted octanol–water partition coefficient (Wildman–Crippen LogP) is 3.23. The zero-order valence-corrected chi connectivity index (χ0v) is 12.1. The minimum Gasteiger partial charge on any atom is -0.272 e. The summed E-state index contributed by atoms with van der Waals surface area (Å²) >= 11 is 0. The van der Waals surface area contributed by atoms with Crippen LogP contribution < -0.4 is 5.43 Å². The van der Waals surface area contributed by atoms with Gasteiger partial charge in [0.2, 0.25) is 0 Å². The van der Waals surface area contributed by atoms with E-state index in [1.165, 1.54) is 5.56 Å². The van der Waals surface area contributed by atoms with Gasteiger partial charge in [0.25, 0.3) is 5.91 Å². The summed E-state index contributed by atoms with van der Waals surface area (Å²) in [6.07, 6.45) is 3.35. The fourth-order valence-corrected chi connectivity index (χ4v) is 1.59. The molecular formula is C16H19N3O. The van der Waals surface area contributed by atoms with Crippen molar-refractivity contribution in [2.75, 3.05) is 0 Å². The van der Waals surface area contributed by atoms with Gasteiger partial charge in [0.05, 0.1) is 12.3 Å². The van der Waals surface area contributed by atoms with Gasteiger partial charge in [0.1, 0.15) is 6.42 Å². The highest BCUT2D eigenvalue weighted by molar-refractivity contribution is 5.86. The van der Waals surface area contributed by atoms with Crippen LogP contribution in [0, 0.1) is 11.3 Å². The van der Waals surface area contributed by atoms with Crippen molar-refractivity contribution in [2.45, 2.75) is 33.1 Å². The van der Waals surface area contributed by atoms with E-state index in [0.717, 1.165) is 11.1 Å². The maximum absolute atomic E-state index is 11.0. The molecule has 1 rings (SSSR count). The summed E-state index contributed by atoms with van der Waals surface area (Å²) in [6.45, 7) is 6.22. The molecule has 1 aromatic carbocycles. The minimum atomic E-state index is -0.405. The molecule has 1 amide bonds. The highest BCUT2D eigenvalue weighted by Crippen LogP contribution is 2.15. The number of allylic oxidation sites excluding steroid dienone is 1. The summed E-state index contributed by atoms with van der Waals surface area (Å²) in [5.41, 5.74) is 5.60. The summed E-state index contributed by atoms with van der Waals surface area (Å²) in [6, 6.07) is 10.1. The first-order chi connectivity index (χ1) is 9.52. The van der Waals surface area contributed by atoms with E-state index in [0.29, 0.717) is 5.92 Å². The van der Waals surface area contributed by atoms with Gasteiger partial charge in [-0.05, 0) is 29.5 Å². The summed E-state index contributed by atoms with van der Waals surface area (Å²) in [5.74, 6) is 0.115. The molecule has 4 heteroatoms. The molecule has 1 N–H and O–H groups in total. The fourth-order valence-electron chi connectivity index (χ4n) is 1.59. The first-order valence-corrected chi connectivity index (χ1v) is 6.50. The molecule has 104 valence electrons. The van der Waals surface area contributed by atoms with Crippen LogP contribution in [-0.4, -0.2) is 12.1 Å². The molecule has 0 saturated carbocycles. The number of hydrogen-bond donors (Lipinski definition) is 1. The van der Waals surface area contributed by atoms with Gasteiger partial charge in [0, 0.05) is 0 Å². The molecule has 0 radical (unpaired) electrons. The normalized spacial score (nSPS) is 11.7. The average Bonchev–Trinajstić information content (AvgIpc) is 2.39. The number of nitrogens with zero attached hydrogens (tertiary/aromatic N) is 2. The Morgan fingerprint density at radius 1 is 1.40 bits per heavy atom. The third kappa shape index (κ3) is 5.49. The third-order valence-electron chi connectivity index (χ3n) is 2.69. The number of benzene rings is 1. The van der Waals surface area contributed by atoms with Crippen LogP contribution in [0.5, 0.6) is 0 Å². The van der Waals surface area contributed by atoms with E-state index in [-0.39, 0.29) is 6.42 Å². The molecule has 1 aromatic rings. The van der Waals surface area contributed by atoms with Crippen molar-refractivity contribution in [3.05, 3.63) is 41.0 Å². The van der Waals surface area contributed by atoms with Crippen molar-refractivity contribution in [3.63, 3.8) is 0 Å². The van der Waals surface area contributed by atoms with Crippen molar-refractivity contribution in [1.82, 2.24) is 5.43 Å². The Morgan fingerprint density at radius 3 is 2.60 bits per heavy atom. The summed E-state index contributed by atoms with van der Waals surface area (Å²) < 4.78 is 0. The smallest absolute Gasteiger partial charge is 0.254 e. The third-order valence-corrected chi connectivity index (χ3v) is 2.69. The van der Waals surface area contributed by atoms with Gasteiger partial charge in [-0.1, -0.05) is 44.2 Å². The van der Waals surface area contributed by atoms with Crippen LogP contribution in [0.25, 0.3) is 6.08 Å². The van der Waals surface area contributed by atoms with E-state index in [1.807, 2.05) is 13.0 Å². The van der Waals surface area contributed by atoms with Crippen LogP contribution in [0.15, 0.2) is 34.9 Å². The van der Waals surface area contributed by atoms with Crippen LogP contribution >= 0.6 is 0 Å². The van der Waals surface area contributed by atoms with Crippen LogP contribution in [0.4, 0.5) is 0 Å². The lowest BCUT2D eigenvalue weighted by Gasteiger charge is -2.04. The fraction of sp³-hybridized carbons (Fsp3) is 0.312. The van der Waals surface area contributed by atoms with Gasteiger partial charge < -0.3 is 0 Å². The van der Waals surface area contributed by atoms with Gasteiger partial charge in [0.15, 0.2) is 0 Å². The second-order valence-electron chi connectivity index (χ2n) is 4.84. The lowest BCUT2D eigenvalue weighted by molar-refractivity contribution is -0.120. The Labute approximate surface area is 119 Å². The molecule has 0 aliphatic heterocycles. The van der Waals surface area contributed by atoms with E-state index < -0.39 is 5.91 Å². The Morgan fingerprint density at radius 2 is 2.05 bits per heavy atom. The summed E-state index contributed by atoms with van der Waals surface area (Å²) in [4.78, 5) is 11.0. The number of carbonyl (C=O) groups excluding carboxylic acids is 1. The van der Waals surface area contributed by atoms with Crippen LogP contribution in [0.2, 0.25) is 0 Å². The topological polar surface area (TPSA) is 65.2 Å². The number of amides is 1. The molecule has 20 heavy (non-hydrogen) atoms. The highest BCUT2D eigenvalue weighted by atomic mass is 16.2. The Hall–Kier alpha value is -2.41. The van der Waals surface area contributed by atoms with E-state index >= 15 is 0 Å². The molecular weight excluding hydrogens is 250 g/mol. The predicted molar refractivity (Wildman–Crippen MR) is 81.0 cm³/mol. The molecule has 0 spiro atoms. The number of hydrazone groups is 1. The molecule has 0 fully saturated rings.